The van der Waals surface area contributed by atoms with Crippen LogP contribution in [0.2, 0.25) is 0 Å². The highest BCUT2D eigenvalue weighted by molar-refractivity contribution is 7.88. The summed E-state index contributed by atoms with van der Waals surface area (Å²) >= 11 is 0. The molecule has 162 valence electrons. The molecule has 1 saturated heterocycles. The Morgan fingerprint density at radius 1 is 1.13 bits per heavy atom. The molecule has 0 spiro atoms. The molecule has 2 unspecified atom stereocenters. The maximum absolute atomic E-state index is 13.0. The van der Waals surface area contributed by atoms with Gasteiger partial charge in [-0.3, -0.25) is 0 Å². The topological polar surface area (TPSA) is 75.7 Å². The number of aryl methyl sites for hydroxylation is 1. The van der Waals surface area contributed by atoms with E-state index >= 15 is 0 Å². The lowest BCUT2D eigenvalue weighted by Gasteiger charge is -2.43. The molecule has 0 saturated carbocycles. The number of hydrogen-bond donors (Lipinski definition) is 1. The minimum Gasteiger partial charge on any atom is -0.438 e. The fourth-order valence-corrected chi connectivity index (χ4v) is 4.46. The van der Waals surface area contributed by atoms with Crippen molar-refractivity contribution >= 4 is 16.1 Å². The Morgan fingerprint density at radius 3 is 2.40 bits per heavy atom. The van der Waals surface area contributed by atoms with Gasteiger partial charge in [0, 0.05) is 19.5 Å². The van der Waals surface area contributed by atoms with Crippen molar-refractivity contribution in [1.29, 1.82) is 0 Å². The Balaban J connectivity index is 1.75. The van der Waals surface area contributed by atoms with Crippen LogP contribution in [-0.4, -0.2) is 38.8 Å². The van der Waals surface area contributed by atoms with Crippen LogP contribution >= 0.6 is 0 Å². The van der Waals surface area contributed by atoms with Crippen molar-refractivity contribution in [2.24, 2.45) is 0 Å². The second-order valence-electron chi connectivity index (χ2n) is 8.03. The zero-order valence-electron chi connectivity index (χ0n) is 17.8. The number of nitrogens with one attached hydrogen (secondary N) is 1. The van der Waals surface area contributed by atoms with E-state index in [9.17, 15) is 13.2 Å². The van der Waals surface area contributed by atoms with Gasteiger partial charge in [0.1, 0.15) is 5.60 Å². The molecule has 0 aromatic heterocycles. The van der Waals surface area contributed by atoms with Crippen molar-refractivity contribution in [3.05, 3.63) is 71.3 Å². The van der Waals surface area contributed by atoms with Crippen LogP contribution in [0.4, 0.5) is 4.79 Å². The quantitative estimate of drug-likeness (QED) is 0.639. The van der Waals surface area contributed by atoms with Crippen LogP contribution in [0.25, 0.3) is 0 Å². The highest BCUT2D eigenvalue weighted by atomic mass is 32.2. The molecule has 0 bridgehead atoms. The zero-order chi connectivity index (χ0) is 21.8. The van der Waals surface area contributed by atoms with E-state index in [4.69, 9.17) is 4.74 Å². The monoisotopic (exact) mass is 430 g/mol. The molecule has 1 aliphatic rings. The standard InChI is InChI=1S/C23H30N2O4S/c1-18-10-12-20(13-11-18)19(2)25-17-15-23(29-22(25)26,21-8-5-4-6-9-21)14-7-16-24-30(3,27)28/h4-6,8-13,19,24H,7,14-17H2,1-3H3. The van der Waals surface area contributed by atoms with Gasteiger partial charge in [-0.05, 0) is 37.8 Å². The number of benzene rings is 2. The molecule has 1 heterocycles. The fraction of sp³-hybridized carbons (Fsp3) is 0.435. The number of carbonyl (C=O) groups excluding carboxylic acids is 1. The van der Waals surface area contributed by atoms with E-state index < -0.39 is 15.6 Å². The Labute approximate surface area is 179 Å². The highest BCUT2D eigenvalue weighted by Gasteiger charge is 2.43. The number of nitrogens with zero attached hydrogens (tertiary/aromatic N) is 1. The van der Waals surface area contributed by atoms with Gasteiger partial charge in [0.2, 0.25) is 10.0 Å². The van der Waals surface area contributed by atoms with Crippen LogP contribution in [0.3, 0.4) is 0 Å². The first kappa shape index (κ1) is 22.3. The summed E-state index contributed by atoms with van der Waals surface area (Å²) in [6, 6.07) is 17.8. The number of carbonyl (C=O) groups is 1. The van der Waals surface area contributed by atoms with Crippen LogP contribution in [0.5, 0.6) is 0 Å². The Kier molecular flexibility index (Phi) is 6.83. The maximum atomic E-state index is 13.0. The normalized spacial score (nSPS) is 20.6. The fourth-order valence-electron chi connectivity index (χ4n) is 3.94. The average molecular weight is 431 g/mol. The molecule has 0 aliphatic carbocycles. The molecule has 1 N–H and O–H groups in total. The molecule has 2 aromatic rings. The predicted octanol–water partition coefficient (Wildman–Crippen LogP) is 4.12. The largest absolute Gasteiger partial charge is 0.438 e. The molecule has 1 amide bonds. The first-order valence-electron chi connectivity index (χ1n) is 10.3. The lowest BCUT2D eigenvalue weighted by Crippen LogP contribution is -2.49. The van der Waals surface area contributed by atoms with E-state index in [-0.39, 0.29) is 12.1 Å². The van der Waals surface area contributed by atoms with E-state index in [1.165, 1.54) is 5.56 Å². The number of cyclic esters (lactones) is 1. The van der Waals surface area contributed by atoms with E-state index in [2.05, 4.69) is 4.72 Å². The summed E-state index contributed by atoms with van der Waals surface area (Å²) in [5, 5.41) is 0. The third-order valence-electron chi connectivity index (χ3n) is 5.72. The maximum Gasteiger partial charge on any atom is 0.411 e. The van der Waals surface area contributed by atoms with Crippen molar-refractivity contribution in [2.75, 3.05) is 19.3 Å². The molecule has 2 aromatic carbocycles. The third-order valence-corrected chi connectivity index (χ3v) is 6.45. The second-order valence-corrected chi connectivity index (χ2v) is 9.86. The average Bonchev–Trinajstić information content (AvgIpc) is 2.71. The predicted molar refractivity (Wildman–Crippen MR) is 118 cm³/mol. The van der Waals surface area contributed by atoms with Gasteiger partial charge in [0.25, 0.3) is 0 Å². The van der Waals surface area contributed by atoms with E-state index in [1.807, 2.05) is 68.4 Å². The van der Waals surface area contributed by atoms with Gasteiger partial charge in [0.05, 0.1) is 12.3 Å². The molecule has 7 heteroatoms. The molecule has 0 radical (unpaired) electrons. The Hall–Kier alpha value is -2.38. The summed E-state index contributed by atoms with van der Waals surface area (Å²) in [6.07, 6.45) is 2.58. The van der Waals surface area contributed by atoms with Gasteiger partial charge >= 0.3 is 6.09 Å². The summed E-state index contributed by atoms with van der Waals surface area (Å²) in [5.41, 5.74) is 2.45. The number of sulfonamides is 1. The number of hydrogen-bond acceptors (Lipinski definition) is 4. The van der Waals surface area contributed by atoms with Crippen molar-refractivity contribution in [1.82, 2.24) is 9.62 Å². The number of rotatable bonds is 8. The molecular weight excluding hydrogens is 400 g/mol. The SMILES string of the molecule is Cc1ccc(C(C)N2CCC(CCCNS(C)(=O)=O)(c3ccccc3)OC2=O)cc1. The van der Waals surface area contributed by atoms with Gasteiger partial charge in [0.15, 0.2) is 0 Å². The van der Waals surface area contributed by atoms with Gasteiger partial charge < -0.3 is 9.64 Å². The summed E-state index contributed by atoms with van der Waals surface area (Å²) in [4.78, 5) is 14.8. The van der Waals surface area contributed by atoms with Crippen molar-refractivity contribution in [3.8, 4) is 0 Å². The number of amides is 1. The third kappa shape index (κ3) is 5.40. The van der Waals surface area contributed by atoms with Crippen LogP contribution in [0, 0.1) is 6.92 Å². The van der Waals surface area contributed by atoms with Gasteiger partial charge in [-0.25, -0.2) is 17.9 Å². The Morgan fingerprint density at radius 2 is 1.80 bits per heavy atom. The van der Waals surface area contributed by atoms with Gasteiger partial charge in [-0.2, -0.15) is 0 Å². The lowest BCUT2D eigenvalue weighted by atomic mass is 9.84. The highest BCUT2D eigenvalue weighted by Crippen LogP contribution is 2.40. The van der Waals surface area contributed by atoms with Crippen LogP contribution < -0.4 is 4.72 Å². The first-order chi connectivity index (χ1) is 14.2. The van der Waals surface area contributed by atoms with Gasteiger partial charge in [-0.15, -0.1) is 0 Å². The molecular formula is C23H30N2O4S. The minimum atomic E-state index is -3.24. The summed E-state index contributed by atoms with van der Waals surface area (Å²) in [5.74, 6) is 0. The summed E-state index contributed by atoms with van der Waals surface area (Å²) < 4.78 is 31.3. The van der Waals surface area contributed by atoms with Gasteiger partial charge in [-0.1, -0.05) is 60.2 Å². The van der Waals surface area contributed by atoms with Crippen molar-refractivity contribution in [3.63, 3.8) is 0 Å². The lowest BCUT2D eigenvalue weighted by molar-refractivity contribution is -0.0662. The number of ether oxygens (including phenoxy) is 1. The summed E-state index contributed by atoms with van der Waals surface area (Å²) in [6.45, 7) is 4.94. The van der Waals surface area contributed by atoms with E-state index in [1.54, 1.807) is 4.90 Å². The van der Waals surface area contributed by atoms with Crippen LogP contribution in [0.15, 0.2) is 54.6 Å². The van der Waals surface area contributed by atoms with Crippen LogP contribution in [-0.2, 0) is 20.4 Å². The Bertz CT molecular complexity index is 960. The summed E-state index contributed by atoms with van der Waals surface area (Å²) in [7, 11) is -3.24. The molecule has 30 heavy (non-hydrogen) atoms. The van der Waals surface area contributed by atoms with Crippen LogP contribution in [0.1, 0.15) is 48.9 Å². The van der Waals surface area contributed by atoms with Crippen molar-refractivity contribution < 1.29 is 17.9 Å². The molecule has 1 fully saturated rings. The molecule has 3 rings (SSSR count). The smallest absolute Gasteiger partial charge is 0.411 e. The second kappa shape index (κ2) is 9.18. The minimum absolute atomic E-state index is 0.0845. The first-order valence-corrected chi connectivity index (χ1v) is 12.2. The van der Waals surface area contributed by atoms with E-state index in [0.29, 0.717) is 32.4 Å². The molecule has 6 nitrogen and oxygen atoms in total. The van der Waals surface area contributed by atoms with E-state index in [0.717, 1.165) is 17.4 Å². The van der Waals surface area contributed by atoms with Crippen molar-refractivity contribution in [2.45, 2.75) is 44.8 Å². The molecule has 2 atom stereocenters. The zero-order valence-corrected chi connectivity index (χ0v) is 18.6. The molecule has 1 aliphatic heterocycles.